The Hall–Kier alpha value is -7.32. The fourth-order valence-corrected chi connectivity index (χ4v) is 5.05. The second-order valence-corrected chi connectivity index (χ2v) is 16.0. The van der Waals surface area contributed by atoms with E-state index in [9.17, 15) is 0 Å². The Kier molecular flexibility index (Phi) is 10.0. The van der Waals surface area contributed by atoms with Crippen molar-refractivity contribution in [3.05, 3.63) is 54.6 Å². The van der Waals surface area contributed by atoms with Crippen molar-refractivity contribution in [3.8, 4) is 0 Å². The van der Waals surface area contributed by atoms with Crippen LogP contribution in [0.4, 0.5) is 17.8 Å². The zero-order valence-electron chi connectivity index (χ0n) is 33.1. The van der Waals surface area contributed by atoms with Crippen molar-refractivity contribution in [2.75, 3.05) is 16.0 Å². The van der Waals surface area contributed by atoms with E-state index in [1.54, 1.807) is 36.4 Å². The molecule has 0 aliphatic carbocycles. The van der Waals surface area contributed by atoms with Gasteiger partial charge in [0.25, 0.3) is 0 Å². The van der Waals surface area contributed by atoms with E-state index in [1.807, 2.05) is 80.5 Å². The van der Waals surface area contributed by atoms with E-state index < -0.39 is 0 Å². The number of hydrogen-bond acceptors (Lipinski definition) is 15. The molecule has 0 aliphatic rings. The van der Waals surface area contributed by atoms with Gasteiger partial charge < -0.3 is 45.9 Å². The fourth-order valence-electron chi connectivity index (χ4n) is 5.05. The summed E-state index contributed by atoms with van der Waals surface area (Å²) >= 11 is 0. The van der Waals surface area contributed by atoms with E-state index in [2.05, 4.69) is 90.7 Å². The zero-order valence-corrected chi connectivity index (χ0v) is 33.1. The molecule has 0 fully saturated rings. The number of rotatable bonds is 3. The van der Waals surface area contributed by atoms with Crippen LogP contribution in [0.25, 0.3) is 68.5 Å². The Bertz CT molecular complexity index is 2410. The first-order chi connectivity index (χ1) is 26.9. The van der Waals surface area contributed by atoms with Crippen LogP contribution < -0.4 is 16.0 Å². The van der Waals surface area contributed by atoms with Crippen molar-refractivity contribution < 1.29 is 0 Å². The second-order valence-electron chi connectivity index (χ2n) is 16.0. The molecule has 0 spiro atoms. The van der Waals surface area contributed by atoms with E-state index in [0.29, 0.717) is 51.7 Å². The number of pyridine rings is 3. The number of nitrogens with zero attached hydrogens (tertiary/aromatic N) is 12. The highest BCUT2D eigenvalue weighted by atomic mass is 15.3. The van der Waals surface area contributed by atoms with E-state index in [1.165, 1.54) is 0 Å². The van der Waals surface area contributed by atoms with Gasteiger partial charge in [0.1, 0.15) is 33.9 Å². The maximum atomic E-state index is 4.73. The maximum Gasteiger partial charge on any atom is 0.235 e. The Morgan fingerprint density at radius 2 is 0.491 bits per heavy atom. The second kappa shape index (κ2) is 15.1. The predicted molar refractivity (Wildman–Crippen MR) is 221 cm³/mol. The van der Waals surface area contributed by atoms with Crippen molar-refractivity contribution in [1.29, 1.82) is 0 Å². The Morgan fingerprint density at radius 3 is 0.667 bits per heavy atom. The van der Waals surface area contributed by atoms with Gasteiger partial charge in [0, 0.05) is 16.6 Å². The Labute approximate surface area is 325 Å². The van der Waals surface area contributed by atoms with Crippen molar-refractivity contribution >= 4 is 86.4 Å². The van der Waals surface area contributed by atoms with Crippen LogP contribution in [0.15, 0.2) is 54.6 Å². The first-order valence-corrected chi connectivity index (χ1v) is 18.1. The molecule has 57 heavy (non-hydrogen) atoms. The van der Waals surface area contributed by atoms with Gasteiger partial charge in [0.15, 0.2) is 0 Å². The first kappa shape index (κ1) is 38.0. The molecule has 9 N–H and O–H groups in total. The van der Waals surface area contributed by atoms with Gasteiger partial charge >= 0.3 is 0 Å². The van der Waals surface area contributed by atoms with E-state index in [0.717, 1.165) is 0 Å². The number of aromatic amines is 6. The quantitative estimate of drug-likeness (QED) is 0.0995. The van der Waals surface area contributed by atoms with Crippen LogP contribution in [-0.2, 0) is 0 Å². The number of anilines is 3. The largest absolute Gasteiger partial charge is 0.349 e. The van der Waals surface area contributed by atoms with E-state index in [-0.39, 0.29) is 51.3 Å². The van der Waals surface area contributed by atoms with Crippen LogP contribution in [0.2, 0.25) is 0 Å². The fraction of sp³-hybridized carbons (Fsp3) is 0.333. The lowest BCUT2D eigenvalue weighted by Crippen LogP contribution is -2.27. The summed E-state index contributed by atoms with van der Waals surface area (Å²) in [4.78, 5) is 75.0. The van der Waals surface area contributed by atoms with Gasteiger partial charge in [-0.15, -0.1) is 0 Å². The molecule has 7 heterocycles. The summed E-state index contributed by atoms with van der Waals surface area (Å²) in [6.07, 6.45) is 0. The van der Waals surface area contributed by atoms with Gasteiger partial charge in [-0.25, -0.2) is 15.0 Å². The highest BCUT2D eigenvalue weighted by molar-refractivity contribution is 5.57. The standard InChI is InChI=1S/C36H45N21/c1-34(2,3)55-31-49-25-40-19-13-10-15-21(37-19)42-27-47-29(53-32(51-27)56-35(4,5)6)44-23-17-12-18-24(39-23)45-30-48-28(52-33(54-30)57-36(7,8)9)43-22-16-11-14-20(38-22)41-26(46-25)50-31/h10-18H,1-9H3,(H9,37,38,39,40,41,42,43,44,45,46,47,48,49,50,51,52,53,54,55,56,57). The lowest BCUT2D eigenvalue weighted by atomic mass is 10.1. The maximum absolute atomic E-state index is 4.73. The minimum Gasteiger partial charge on any atom is -0.349 e. The molecule has 12 bridgehead atoms. The minimum atomic E-state index is -0.351. The molecule has 0 aliphatic heterocycles. The number of aromatic nitrogens is 18. The highest BCUT2D eigenvalue weighted by Gasteiger charge is 2.14. The molecule has 0 radical (unpaired) electrons. The van der Waals surface area contributed by atoms with Crippen LogP contribution in [0.3, 0.4) is 0 Å². The molecule has 0 saturated heterocycles. The van der Waals surface area contributed by atoms with Gasteiger partial charge in [0.05, 0.1) is 0 Å². The molecule has 294 valence electrons. The molecular formula is C36H45N21. The number of H-pyrrole nitrogens is 6. The van der Waals surface area contributed by atoms with Gasteiger partial charge in [-0.2, -0.15) is 44.9 Å². The molecule has 7 aromatic rings. The third kappa shape index (κ3) is 11.1. The summed E-state index contributed by atoms with van der Waals surface area (Å²) < 4.78 is 0. The van der Waals surface area contributed by atoms with E-state index in [4.69, 9.17) is 15.0 Å². The average Bonchev–Trinajstić information content (AvgIpc) is 3.06. The Morgan fingerprint density at radius 1 is 0.298 bits per heavy atom. The average molecular weight is 772 g/mol. The summed E-state index contributed by atoms with van der Waals surface area (Å²) in [5, 5.41) is 9.95. The molecule has 7 aromatic heterocycles. The monoisotopic (exact) mass is 771 g/mol. The summed E-state index contributed by atoms with van der Waals surface area (Å²) in [6, 6.07) is 16.2. The predicted octanol–water partition coefficient (Wildman–Crippen LogP) is 6.01. The van der Waals surface area contributed by atoms with Crippen LogP contribution in [0, 0.1) is 0 Å². The lowest BCUT2D eigenvalue weighted by molar-refractivity contribution is 0.625. The molecule has 0 saturated carbocycles. The highest BCUT2D eigenvalue weighted by Crippen LogP contribution is 2.13. The first-order valence-electron chi connectivity index (χ1n) is 18.1. The normalized spacial score (nSPS) is 11.9. The summed E-state index contributed by atoms with van der Waals surface area (Å²) in [5.74, 6) is 2.39. The van der Waals surface area contributed by atoms with Crippen molar-refractivity contribution in [2.24, 2.45) is 0 Å². The molecule has 0 amide bonds. The summed E-state index contributed by atoms with van der Waals surface area (Å²) in [6.45, 7) is 18.1. The van der Waals surface area contributed by atoms with Gasteiger partial charge in [-0.1, -0.05) is 18.2 Å². The summed E-state index contributed by atoms with van der Waals surface area (Å²) in [5.41, 5.74) is 1.63. The lowest BCUT2D eigenvalue weighted by Gasteiger charge is -2.19. The summed E-state index contributed by atoms with van der Waals surface area (Å²) in [7, 11) is 0. The van der Waals surface area contributed by atoms with Crippen LogP contribution >= 0.6 is 0 Å². The molecular weight excluding hydrogens is 727 g/mol. The third-order valence-corrected chi connectivity index (χ3v) is 7.05. The molecule has 21 nitrogen and oxygen atoms in total. The molecule has 0 atom stereocenters. The minimum absolute atomic E-state index is 0.231. The van der Waals surface area contributed by atoms with E-state index >= 15 is 0 Å². The number of fused-ring (bicyclic) bond motifs is 12. The van der Waals surface area contributed by atoms with Crippen molar-refractivity contribution in [2.45, 2.75) is 78.9 Å². The number of nitrogens with one attached hydrogen (secondary N) is 9. The third-order valence-electron chi connectivity index (χ3n) is 7.05. The van der Waals surface area contributed by atoms with Gasteiger partial charge in [0.2, 0.25) is 52.5 Å². The van der Waals surface area contributed by atoms with Crippen LogP contribution in [0.5, 0.6) is 0 Å². The SMILES string of the molecule is CC(C)(C)Nc1nc2nc(n1)[nH]c1cccc(n1)[nH]c1nc(NC(C)(C)C)nc(n1)[nH]c1cccc(n1)[nH]c1nc(NC(C)(C)C)nc(n1)[nH]c1cccc(n1)[nH]2. The zero-order chi connectivity index (χ0) is 40.4. The molecule has 0 unspecified atom stereocenters. The Balaban J connectivity index is 1.57. The smallest absolute Gasteiger partial charge is 0.235 e. The molecule has 7 rings (SSSR count). The van der Waals surface area contributed by atoms with Crippen LogP contribution in [-0.4, -0.2) is 106 Å². The van der Waals surface area contributed by atoms with Crippen molar-refractivity contribution in [1.82, 2.24) is 89.7 Å². The molecule has 21 heteroatoms. The number of hydrogen-bond donors (Lipinski definition) is 9. The topological polar surface area (TPSA) is 286 Å². The molecule has 0 aromatic carbocycles. The van der Waals surface area contributed by atoms with Crippen LogP contribution in [0.1, 0.15) is 62.3 Å². The van der Waals surface area contributed by atoms with Gasteiger partial charge in [-0.3, -0.25) is 0 Å². The van der Waals surface area contributed by atoms with Gasteiger partial charge in [-0.05, 0) is 98.7 Å². The van der Waals surface area contributed by atoms with Crippen molar-refractivity contribution in [3.63, 3.8) is 0 Å².